The first-order valence-electron chi connectivity index (χ1n) is 10.4. The summed E-state index contributed by atoms with van der Waals surface area (Å²) in [7, 11) is -5.44. The Hall–Kier alpha value is -3.25. The average Bonchev–Trinajstić information content (AvgIpc) is 3.27. The van der Waals surface area contributed by atoms with E-state index >= 15 is 0 Å². The number of anilines is 1. The number of nitrogens with zero attached hydrogens (tertiary/aromatic N) is 2. The smallest absolute Gasteiger partial charge is 0.322 e. The monoisotopic (exact) mass is 507 g/mol. The lowest BCUT2D eigenvalue weighted by atomic mass is 10.2. The van der Waals surface area contributed by atoms with Gasteiger partial charge in [-0.05, 0) is 68.8 Å². The van der Waals surface area contributed by atoms with E-state index in [1.165, 1.54) is 31.4 Å². The molecule has 12 heteroatoms. The maximum atomic E-state index is 12.4. The molecule has 2 aromatic carbocycles. The second-order valence-corrected chi connectivity index (χ2v) is 12.3. The van der Waals surface area contributed by atoms with Gasteiger partial charge in [0.05, 0.1) is 27.9 Å². The molecule has 0 saturated heterocycles. The van der Waals surface area contributed by atoms with Crippen LogP contribution in [0.15, 0.2) is 62.7 Å². The molecule has 0 atom stereocenters. The molecule has 1 amide bonds. The van der Waals surface area contributed by atoms with E-state index in [2.05, 4.69) is 15.5 Å². The summed E-state index contributed by atoms with van der Waals surface area (Å²) in [6, 6.07) is 11.9. The SMILES string of the molecule is COc1ccc(S(=O)(=O)CCCC(=O)Nc2nnc(-c3ccc(S(=O)(=O)C(C)C)cc3)o2)cc1. The number of carbonyl (C=O) groups excluding carboxylic acids is 1. The molecule has 1 aromatic heterocycles. The molecule has 0 unspecified atom stereocenters. The molecule has 0 spiro atoms. The summed E-state index contributed by atoms with van der Waals surface area (Å²) in [5, 5.41) is 9.50. The molecule has 34 heavy (non-hydrogen) atoms. The van der Waals surface area contributed by atoms with E-state index in [9.17, 15) is 21.6 Å². The molecule has 0 radical (unpaired) electrons. The average molecular weight is 508 g/mol. The molecule has 0 aliphatic heterocycles. The summed E-state index contributed by atoms with van der Waals surface area (Å²) >= 11 is 0. The van der Waals surface area contributed by atoms with Gasteiger partial charge in [0.15, 0.2) is 19.7 Å². The van der Waals surface area contributed by atoms with Crippen molar-refractivity contribution in [2.75, 3.05) is 18.2 Å². The second kappa shape index (κ2) is 10.3. The van der Waals surface area contributed by atoms with Crippen LogP contribution in [0.5, 0.6) is 5.75 Å². The number of aromatic nitrogens is 2. The molecular weight excluding hydrogens is 482 g/mol. The molecule has 10 nitrogen and oxygen atoms in total. The number of carbonyl (C=O) groups is 1. The third kappa shape index (κ3) is 6.00. The molecule has 1 heterocycles. The molecule has 182 valence electrons. The Morgan fingerprint density at radius 1 is 0.971 bits per heavy atom. The van der Waals surface area contributed by atoms with E-state index in [0.29, 0.717) is 11.3 Å². The van der Waals surface area contributed by atoms with Crippen molar-refractivity contribution in [3.8, 4) is 17.2 Å². The Labute approximate surface area is 198 Å². The van der Waals surface area contributed by atoms with E-state index in [-0.39, 0.29) is 40.3 Å². The zero-order valence-electron chi connectivity index (χ0n) is 18.9. The van der Waals surface area contributed by atoms with E-state index in [1.807, 2.05) is 0 Å². The van der Waals surface area contributed by atoms with Gasteiger partial charge in [-0.3, -0.25) is 10.1 Å². The van der Waals surface area contributed by atoms with Crippen LogP contribution in [-0.4, -0.2) is 51.1 Å². The van der Waals surface area contributed by atoms with Crippen LogP contribution in [-0.2, 0) is 24.5 Å². The molecular formula is C22H25N3O7S2. The van der Waals surface area contributed by atoms with E-state index in [4.69, 9.17) is 9.15 Å². The van der Waals surface area contributed by atoms with Gasteiger partial charge in [0.25, 0.3) is 0 Å². The van der Waals surface area contributed by atoms with Gasteiger partial charge in [-0.15, -0.1) is 5.10 Å². The Balaban J connectivity index is 1.55. The van der Waals surface area contributed by atoms with Crippen molar-refractivity contribution in [2.24, 2.45) is 0 Å². The van der Waals surface area contributed by atoms with Gasteiger partial charge >= 0.3 is 6.01 Å². The molecule has 1 N–H and O–H groups in total. The third-order valence-corrected chi connectivity index (χ3v) is 8.94. The van der Waals surface area contributed by atoms with Crippen molar-refractivity contribution in [1.82, 2.24) is 10.2 Å². The Bertz CT molecular complexity index is 1350. The number of hydrogen-bond donors (Lipinski definition) is 1. The predicted octanol–water partition coefficient (Wildman–Crippen LogP) is 3.12. The molecule has 0 bridgehead atoms. The fraction of sp³-hybridized carbons (Fsp3) is 0.318. The predicted molar refractivity (Wildman–Crippen MR) is 125 cm³/mol. The van der Waals surface area contributed by atoms with Crippen molar-refractivity contribution in [2.45, 2.75) is 41.7 Å². The van der Waals surface area contributed by atoms with E-state index in [0.717, 1.165) is 0 Å². The maximum absolute atomic E-state index is 12.4. The topological polar surface area (TPSA) is 146 Å². The van der Waals surface area contributed by atoms with Crippen LogP contribution in [0.4, 0.5) is 6.01 Å². The number of rotatable bonds is 10. The molecule has 3 aromatic rings. The first-order valence-corrected chi connectivity index (χ1v) is 13.6. The summed E-state index contributed by atoms with van der Waals surface area (Å²) in [5.41, 5.74) is 0.487. The van der Waals surface area contributed by atoms with Crippen LogP contribution in [0.1, 0.15) is 26.7 Å². The first kappa shape index (κ1) is 25.4. The van der Waals surface area contributed by atoms with Crippen LogP contribution in [0, 0.1) is 0 Å². The van der Waals surface area contributed by atoms with Crippen molar-refractivity contribution in [3.63, 3.8) is 0 Å². The summed E-state index contributed by atoms with van der Waals surface area (Å²) in [5.74, 6) is -0.0221. The summed E-state index contributed by atoms with van der Waals surface area (Å²) < 4.78 is 59.7. The number of hydrogen-bond acceptors (Lipinski definition) is 9. The zero-order valence-corrected chi connectivity index (χ0v) is 20.5. The maximum Gasteiger partial charge on any atom is 0.322 e. The van der Waals surface area contributed by atoms with Crippen molar-refractivity contribution >= 4 is 31.6 Å². The lowest BCUT2D eigenvalue weighted by molar-refractivity contribution is -0.116. The van der Waals surface area contributed by atoms with Crippen LogP contribution in [0.25, 0.3) is 11.5 Å². The largest absolute Gasteiger partial charge is 0.497 e. The highest BCUT2D eigenvalue weighted by molar-refractivity contribution is 7.92. The highest BCUT2D eigenvalue weighted by atomic mass is 32.2. The van der Waals surface area contributed by atoms with Crippen molar-refractivity contribution in [1.29, 1.82) is 0 Å². The van der Waals surface area contributed by atoms with Crippen LogP contribution in [0.2, 0.25) is 0 Å². The number of ether oxygens (including phenoxy) is 1. The lowest BCUT2D eigenvalue weighted by Crippen LogP contribution is -2.14. The number of benzene rings is 2. The lowest BCUT2D eigenvalue weighted by Gasteiger charge is -2.07. The fourth-order valence-corrected chi connectivity index (χ4v) is 5.33. The van der Waals surface area contributed by atoms with Gasteiger partial charge in [0, 0.05) is 12.0 Å². The highest BCUT2D eigenvalue weighted by Crippen LogP contribution is 2.24. The molecule has 0 saturated carbocycles. The van der Waals surface area contributed by atoms with Gasteiger partial charge in [-0.1, -0.05) is 5.10 Å². The third-order valence-electron chi connectivity index (χ3n) is 4.96. The minimum absolute atomic E-state index is 0.0607. The molecule has 0 aliphatic carbocycles. The zero-order chi connectivity index (χ0) is 24.9. The van der Waals surface area contributed by atoms with Gasteiger partial charge in [0.2, 0.25) is 11.8 Å². The minimum atomic E-state index is -3.54. The number of sulfone groups is 2. The summed E-state index contributed by atoms with van der Waals surface area (Å²) in [4.78, 5) is 12.5. The Morgan fingerprint density at radius 2 is 1.59 bits per heavy atom. The Morgan fingerprint density at radius 3 is 2.18 bits per heavy atom. The van der Waals surface area contributed by atoms with Gasteiger partial charge in [0.1, 0.15) is 5.75 Å². The first-order chi connectivity index (χ1) is 16.0. The normalized spacial score (nSPS) is 12.0. The van der Waals surface area contributed by atoms with Crippen LogP contribution < -0.4 is 10.1 Å². The highest BCUT2D eigenvalue weighted by Gasteiger charge is 2.20. The van der Waals surface area contributed by atoms with Gasteiger partial charge < -0.3 is 9.15 Å². The van der Waals surface area contributed by atoms with Gasteiger partial charge in [-0.25, -0.2) is 16.8 Å². The fourth-order valence-electron chi connectivity index (χ4n) is 2.96. The van der Waals surface area contributed by atoms with E-state index < -0.39 is 30.8 Å². The quantitative estimate of drug-likeness (QED) is 0.437. The van der Waals surface area contributed by atoms with Crippen molar-refractivity contribution < 1.29 is 30.8 Å². The summed E-state index contributed by atoms with van der Waals surface area (Å²) in [6.07, 6.45) is 0.0435. The molecule has 3 rings (SSSR count). The van der Waals surface area contributed by atoms with Crippen LogP contribution >= 0.6 is 0 Å². The standard InChI is InChI=1S/C22H25N3O7S2/c1-15(2)34(29,30)19-10-6-16(7-11-19)21-24-25-22(32-21)23-20(26)5-4-14-33(27,28)18-12-8-17(31-3)9-13-18/h6-13,15H,4-5,14H2,1-3H3,(H,23,25,26). The number of amides is 1. The summed E-state index contributed by atoms with van der Waals surface area (Å²) in [6.45, 7) is 3.20. The number of nitrogens with one attached hydrogen (secondary N) is 1. The Kier molecular flexibility index (Phi) is 7.72. The molecule has 0 fully saturated rings. The van der Waals surface area contributed by atoms with E-state index in [1.54, 1.807) is 38.1 Å². The molecule has 0 aliphatic rings. The van der Waals surface area contributed by atoms with Crippen molar-refractivity contribution in [3.05, 3.63) is 48.5 Å². The van der Waals surface area contributed by atoms with Crippen LogP contribution in [0.3, 0.4) is 0 Å². The second-order valence-electron chi connectivity index (χ2n) is 7.68. The minimum Gasteiger partial charge on any atom is -0.497 e. The van der Waals surface area contributed by atoms with Gasteiger partial charge in [-0.2, -0.15) is 0 Å². The number of methoxy groups -OCH3 is 1.